The topological polar surface area (TPSA) is 17.1 Å². The molecule has 0 aliphatic carbocycles. The number of benzene rings is 1. The molecule has 11 heavy (non-hydrogen) atoms. The minimum absolute atomic E-state index is 0. The first-order chi connectivity index (χ1) is 4.84. The Morgan fingerprint density at radius 3 is 2.27 bits per heavy atom. The average molecular weight is 164 g/mol. The molecule has 1 atom stereocenters. The van der Waals surface area contributed by atoms with Gasteiger partial charge in [0.05, 0.1) is 0 Å². The molecule has 0 fully saturated rings. The van der Waals surface area contributed by atoms with Crippen molar-refractivity contribution in [3.05, 3.63) is 35.9 Å². The summed E-state index contributed by atoms with van der Waals surface area (Å²) in [6.07, 6.45) is 0.954. The van der Waals surface area contributed by atoms with Crippen LogP contribution in [0.3, 0.4) is 0 Å². The van der Waals surface area contributed by atoms with E-state index in [1.54, 1.807) is 0 Å². The van der Waals surface area contributed by atoms with Crippen LogP contribution in [0, 0.1) is 0 Å². The highest BCUT2D eigenvalue weighted by Crippen LogP contribution is 2.10. The fourth-order valence-electron chi connectivity index (χ4n) is 0.835. The number of hydrogen-bond acceptors (Lipinski definition) is 1. The molecule has 1 aromatic carbocycles. The highest BCUT2D eigenvalue weighted by Gasteiger charge is 1.99. The molecule has 58 valence electrons. The summed E-state index contributed by atoms with van der Waals surface area (Å²) >= 11 is 0. The first kappa shape index (κ1) is 10.4. The van der Waals surface area contributed by atoms with Gasteiger partial charge in [0, 0.05) is 5.92 Å². The molecule has 0 N–H and O–H groups in total. The minimum Gasteiger partial charge on any atom is -0.303 e. The number of hydrogen-bond donors (Lipinski definition) is 0. The van der Waals surface area contributed by atoms with Crippen molar-refractivity contribution in [2.75, 3.05) is 0 Å². The number of aldehydes is 1. The zero-order chi connectivity index (χ0) is 7.40. The van der Waals surface area contributed by atoms with Gasteiger partial charge in [0.2, 0.25) is 0 Å². The van der Waals surface area contributed by atoms with Gasteiger partial charge in [-0.3, -0.25) is 0 Å². The van der Waals surface area contributed by atoms with Crippen LogP contribution in [0.2, 0.25) is 0 Å². The molecule has 2 heteroatoms. The van der Waals surface area contributed by atoms with E-state index < -0.39 is 0 Å². The SMILES string of the molecule is CC(C=O)c1ccccc1.[AlH3]. The molecule has 1 rings (SSSR count). The second-order valence-corrected chi connectivity index (χ2v) is 2.34. The molecule has 0 heterocycles. The Kier molecular flexibility index (Phi) is 4.85. The van der Waals surface area contributed by atoms with Gasteiger partial charge in [0.1, 0.15) is 6.29 Å². The van der Waals surface area contributed by atoms with Crippen LogP contribution in [0.1, 0.15) is 18.4 Å². The fourth-order valence-corrected chi connectivity index (χ4v) is 0.835. The molecular formula is C9H13AlO. The monoisotopic (exact) mass is 164 g/mol. The van der Waals surface area contributed by atoms with Crippen LogP contribution in [0.4, 0.5) is 0 Å². The smallest absolute Gasteiger partial charge is 0.187 e. The third-order valence-electron chi connectivity index (χ3n) is 1.53. The molecule has 0 aromatic heterocycles. The summed E-state index contributed by atoms with van der Waals surface area (Å²) in [5, 5.41) is 0. The molecule has 0 aliphatic rings. The van der Waals surface area contributed by atoms with Crippen LogP contribution in [0.5, 0.6) is 0 Å². The lowest BCUT2D eigenvalue weighted by molar-refractivity contribution is -0.108. The van der Waals surface area contributed by atoms with Gasteiger partial charge >= 0.3 is 0 Å². The predicted molar refractivity (Wildman–Crippen MR) is 50.9 cm³/mol. The highest BCUT2D eigenvalue weighted by molar-refractivity contribution is 5.75. The lowest BCUT2D eigenvalue weighted by Gasteiger charge is -2.00. The molecule has 1 aromatic rings. The second-order valence-electron chi connectivity index (χ2n) is 2.34. The molecule has 0 bridgehead atoms. The predicted octanol–water partition coefficient (Wildman–Crippen LogP) is 0.805. The van der Waals surface area contributed by atoms with E-state index in [4.69, 9.17) is 0 Å². The Morgan fingerprint density at radius 2 is 1.82 bits per heavy atom. The highest BCUT2D eigenvalue weighted by atomic mass is 27.0. The van der Waals surface area contributed by atoms with Gasteiger partial charge in [-0.05, 0) is 5.56 Å². The summed E-state index contributed by atoms with van der Waals surface area (Å²) < 4.78 is 0. The molecule has 0 saturated heterocycles. The Balaban J connectivity index is 0.000001000. The van der Waals surface area contributed by atoms with Crippen molar-refractivity contribution in [1.82, 2.24) is 0 Å². The first-order valence-corrected chi connectivity index (χ1v) is 3.35. The van der Waals surface area contributed by atoms with Gasteiger partial charge in [-0.15, -0.1) is 0 Å². The Labute approximate surface area is 77.6 Å². The second kappa shape index (κ2) is 5.12. The van der Waals surface area contributed by atoms with Crippen molar-refractivity contribution < 1.29 is 4.79 Å². The van der Waals surface area contributed by atoms with Gasteiger partial charge in [-0.25, -0.2) is 0 Å². The van der Waals surface area contributed by atoms with Crippen molar-refractivity contribution in [3.63, 3.8) is 0 Å². The molecule has 1 unspecified atom stereocenters. The van der Waals surface area contributed by atoms with Crippen LogP contribution in [0.25, 0.3) is 0 Å². The number of carbonyl (C=O) groups excluding carboxylic acids is 1. The van der Waals surface area contributed by atoms with E-state index in [0.717, 1.165) is 11.8 Å². The van der Waals surface area contributed by atoms with Gasteiger partial charge in [0.25, 0.3) is 0 Å². The average Bonchev–Trinajstić information content (AvgIpc) is 2.05. The molecular weight excluding hydrogens is 151 g/mol. The Morgan fingerprint density at radius 1 is 1.27 bits per heavy atom. The van der Waals surface area contributed by atoms with Crippen LogP contribution >= 0.6 is 0 Å². The first-order valence-electron chi connectivity index (χ1n) is 3.35. The lowest BCUT2D eigenvalue weighted by atomic mass is 10.0. The van der Waals surface area contributed by atoms with Crippen LogP contribution in [-0.2, 0) is 4.79 Å². The van der Waals surface area contributed by atoms with Gasteiger partial charge in [-0.1, -0.05) is 37.3 Å². The van der Waals surface area contributed by atoms with Crippen molar-refractivity contribution in [2.24, 2.45) is 0 Å². The molecule has 0 saturated carbocycles. The van der Waals surface area contributed by atoms with E-state index in [2.05, 4.69) is 0 Å². The van der Waals surface area contributed by atoms with Crippen LogP contribution in [0.15, 0.2) is 30.3 Å². The molecule has 0 radical (unpaired) electrons. The van der Waals surface area contributed by atoms with Crippen molar-refractivity contribution in [3.8, 4) is 0 Å². The summed E-state index contributed by atoms with van der Waals surface area (Å²) in [4.78, 5) is 10.3. The van der Waals surface area contributed by atoms with Crippen molar-refractivity contribution in [2.45, 2.75) is 12.8 Å². The van der Waals surface area contributed by atoms with Gasteiger partial charge in [-0.2, -0.15) is 0 Å². The molecule has 0 aliphatic heterocycles. The van der Waals surface area contributed by atoms with Crippen LogP contribution in [-0.4, -0.2) is 23.6 Å². The number of rotatable bonds is 2. The Bertz CT molecular complexity index is 208. The zero-order valence-electron chi connectivity index (χ0n) is 5.95. The quantitative estimate of drug-likeness (QED) is 0.467. The normalized spacial score (nSPS) is 11.4. The standard InChI is InChI=1S/C9H10O.Al.3H/c1-8(7-10)9-5-3-2-4-6-9;;;;/h2-8H,1H3;;;;. The maximum atomic E-state index is 10.3. The molecule has 0 spiro atoms. The summed E-state index contributed by atoms with van der Waals surface area (Å²) in [6, 6.07) is 9.74. The van der Waals surface area contributed by atoms with E-state index >= 15 is 0 Å². The number of carbonyl (C=O) groups is 1. The van der Waals surface area contributed by atoms with Crippen molar-refractivity contribution >= 4 is 23.6 Å². The summed E-state index contributed by atoms with van der Waals surface area (Å²) in [5.41, 5.74) is 1.08. The molecule has 1 nitrogen and oxygen atoms in total. The Hall–Kier alpha value is -0.578. The lowest BCUT2D eigenvalue weighted by Crippen LogP contribution is -1.92. The van der Waals surface area contributed by atoms with Gasteiger partial charge < -0.3 is 4.79 Å². The summed E-state index contributed by atoms with van der Waals surface area (Å²) in [6.45, 7) is 1.89. The summed E-state index contributed by atoms with van der Waals surface area (Å²) in [5.74, 6) is 0.0289. The molecule has 0 amide bonds. The van der Waals surface area contributed by atoms with E-state index in [1.165, 1.54) is 0 Å². The maximum absolute atomic E-state index is 10.3. The minimum atomic E-state index is 0. The largest absolute Gasteiger partial charge is 0.303 e. The van der Waals surface area contributed by atoms with Gasteiger partial charge in [0.15, 0.2) is 17.4 Å². The van der Waals surface area contributed by atoms with Crippen LogP contribution < -0.4 is 0 Å². The maximum Gasteiger partial charge on any atom is 0.187 e. The van der Waals surface area contributed by atoms with Crippen molar-refractivity contribution in [1.29, 1.82) is 0 Å². The van der Waals surface area contributed by atoms with E-state index in [1.807, 2.05) is 37.3 Å². The third kappa shape index (κ3) is 2.88. The third-order valence-corrected chi connectivity index (χ3v) is 1.53. The zero-order valence-corrected chi connectivity index (χ0v) is 5.95. The fraction of sp³-hybridized carbons (Fsp3) is 0.222. The van der Waals surface area contributed by atoms with E-state index in [9.17, 15) is 4.79 Å². The van der Waals surface area contributed by atoms with E-state index in [-0.39, 0.29) is 23.3 Å². The van der Waals surface area contributed by atoms with E-state index in [0.29, 0.717) is 0 Å². The summed E-state index contributed by atoms with van der Waals surface area (Å²) in [7, 11) is 0.